The lowest BCUT2D eigenvalue weighted by Gasteiger charge is -2.24. The van der Waals surface area contributed by atoms with Crippen molar-refractivity contribution in [2.75, 3.05) is 18.4 Å². The van der Waals surface area contributed by atoms with Gasteiger partial charge >= 0.3 is 0 Å². The Morgan fingerprint density at radius 3 is 3.04 bits per heavy atom. The van der Waals surface area contributed by atoms with E-state index in [4.69, 9.17) is 0 Å². The van der Waals surface area contributed by atoms with Gasteiger partial charge in [-0.2, -0.15) is 5.10 Å². The van der Waals surface area contributed by atoms with Crippen molar-refractivity contribution < 1.29 is 4.79 Å². The smallest absolute Gasteiger partial charge is 0.274 e. The first kappa shape index (κ1) is 15.2. The van der Waals surface area contributed by atoms with Gasteiger partial charge in [0.15, 0.2) is 0 Å². The largest absolute Gasteiger partial charge is 0.368 e. The predicted molar refractivity (Wildman–Crippen MR) is 92.1 cm³/mol. The summed E-state index contributed by atoms with van der Waals surface area (Å²) in [6, 6.07) is 8.06. The molecule has 2 fully saturated rings. The summed E-state index contributed by atoms with van der Waals surface area (Å²) >= 11 is 0. The number of H-pyrrole nitrogens is 1. The highest BCUT2D eigenvalue weighted by Gasteiger charge is 2.32. The molecule has 1 atom stereocenters. The summed E-state index contributed by atoms with van der Waals surface area (Å²) in [6.07, 6.45) is 4.47. The fourth-order valence-corrected chi connectivity index (χ4v) is 3.38. The molecule has 0 unspecified atom stereocenters. The van der Waals surface area contributed by atoms with Crippen molar-refractivity contribution in [1.82, 2.24) is 20.1 Å². The minimum Gasteiger partial charge on any atom is -0.368 e. The molecule has 2 N–H and O–H groups in total. The van der Waals surface area contributed by atoms with E-state index in [2.05, 4.69) is 20.5 Å². The van der Waals surface area contributed by atoms with Crippen molar-refractivity contribution in [2.24, 2.45) is 0 Å². The molecule has 0 bridgehead atoms. The molecule has 0 aromatic carbocycles. The molecule has 126 valence electrons. The van der Waals surface area contributed by atoms with Gasteiger partial charge in [-0.05, 0) is 50.8 Å². The molecule has 6 heteroatoms. The summed E-state index contributed by atoms with van der Waals surface area (Å²) in [5.41, 5.74) is 2.65. The summed E-state index contributed by atoms with van der Waals surface area (Å²) in [4.78, 5) is 19.2. The molecule has 0 spiro atoms. The topological polar surface area (TPSA) is 73.9 Å². The minimum absolute atomic E-state index is 0.0413. The van der Waals surface area contributed by atoms with E-state index < -0.39 is 0 Å². The van der Waals surface area contributed by atoms with E-state index in [1.165, 1.54) is 12.8 Å². The third-order valence-corrected chi connectivity index (χ3v) is 4.88. The molecule has 1 saturated heterocycles. The Bertz CT molecular complexity index is 737. The van der Waals surface area contributed by atoms with Crippen LogP contribution in [0.4, 0.5) is 5.82 Å². The third kappa shape index (κ3) is 3.13. The van der Waals surface area contributed by atoms with Crippen LogP contribution in [0, 0.1) is 6.92 Å². The molecular formula is C18H23N5O. The quantitative estimate of drug-likeness (QED) is 0.886. The average molecular weight is 325 g/mol. The Morgan fingerprint density at radius 2 is 2.25 bits per heavy atom. The predicted octanol–water partition coefficient (Wildman–Crippen LogP) is 2.71. The number of nitrogens with zero attached hydrogens (tertiary/aromatic N) is 3. The lowest BCUT2D eigenvalue weighted by atomic mass is 10.2. The number of hydrogen-bond donors (Lipinski definition) is 2. The van der Waals surface area contributed by atoms with Gasteiger partial charge in [0.25, 0.3) is 5.91 Å². The molecule has 4 rings (SSSR count). The summed E-state index contributed by atoms with van der Waals surface area (Å²) < 4.78 is 0. The maximum absolute atomic E-state index is 12.8. The molecule has 1 aliphatic carbocycles. The van der Waals surface area contributed by atoms with Gasteiger partial charge in [-0.1, -0.05) is 6.07 Å². The lowest BCUT2D eigenvalue weighted by molar-refractivity contribution is 0.0737. The van der Waals surface area contributed by atoms with Crippen molar-refractivity contribution >= 4 is 11.7 Å². The average Bonchev–Trinajstić information content (AvgIpc) is 3.13. The van der Waals surface area contributed by atoms with Gasteiger partial charge in [0.1, 0.15) is 11.5 Å². The van der Waals surface area contributed by atoms with Crippen molar-refractivity contribution in [3.8, 4) is 0 Å². The zero-order chi connectivity index (χ0) is 16.5. The number of likely N-dealkylation sites (tertiary alicyclic amines) is 1. The van der Waals surface area contributed by atoms with Gasteiger partial charge < -0.3 is 10.2 Å². The number of carbonyl (C=O) groups is 1. The molecule has 2 aliphatic rings. The zero-order valence-corrected chi connectivity index (χ0v) is 14.0. The molecule has 1 saturated carbocycles. The van der Waals surface area contributed by atoms with Crippen LogP contribution in [0.25, 0.3) is 0 Å². The summed E-state index contributed by atoms with van der Waals surface area (Å²) in [5, 5.41) is 10.6. The molecule has 24 heavy (non-hydrogen) atoms. The molecule has 0 radical (unpaired) electrons. The zero-order valence-electron chi connectivity index (χ0n) is 14.0. The normalized spacial score (nSPS) is 20.4. The van der Waals surface area contributed by atoms with Gasteiger partial charge in [0.05, 0.1) is 0 Å². The van der Waals surface area contributed by atoms with Crippen LogP contribution in [0.15, 0.2) is 24.3 Å². The third-order valence-electron chi connectivity index (χ3n) is 4.88. The number of anilines is 1. The minimum atomic E-state index is 0.0413. The van der Waals surface area contributed by atoms with Crippen LogP contribution in [0.1, 0.15) is 53.5 Å². The molecule has 1 amide bonds. The van der Waals surface area contributed by atoms with Gasteiger partial charge in [0.2, 0.25) is 0 Å². The Balaban J connectivity index is 1.40. The molecule has 2 aromatic rings. The van der Waals surface area contributed by atoms with E-state index in [1.54, 1.807) is 0 Å². The summed E-state index contributed by atoms with van der Waals surface area (Å²) in [7, 11) is 0. The SMILES string of the molecule is Cc1cccc(NC[C@@H]2CCCN2C(=O)c2cc(C3CC3)[nH]n2)n1. The number of aromatic nitrogens is 3. The number of pyridine rings is 1. The second kappa shape index (κ2) is 6.26. The Labute approximate surface area is 141 Å². The van der Waals surface area contributed by atoms with Crippen LogP contribution in [0.2, 0.25) is 0 Å². The van der Waals surface area contributed by atoms with Crippen molar-refractivity contribution in [3.63, 3.8) is 0 Å². The van der Waals surface area contributed by atoms with Crippen molar-refractivity contribution in [1.29, 1.82) is 0 Å². The number of hydrogen-bond acceptors (Lipinski definition) is 4. The van der Waals surface area contributed by atoms with Crippen LogP contribution in [0.5, 0.6) is 0 Å². The number of carbonyl (C=O) groups excluding carboxylic acids is 1. The number of aryl methyl sites for hydroxylation is 1. The van der Waals surface area contributed by atoms with Crippen LogP contribution in [-0.2, 0) is 0 Å². The van der Waals surface area contributed by atoms with Gasteiger partial charge in [0, 0.05) is 36.4 Å². The van der Waals surface area contributed by atoms with Gasteiger partial charge in [-0.25, -0.2) is 4.98 Å². The number of nitrogens with one attached hydrogen (secondary N) is 2. The van der Waals surface area contributed by atoms with Gasteiger partial charge in [-0.3, -0.25) is 9.89 Å². The second-order valence-corrected chi connectivity index (χ2v) is 6.82. The van der Waals surface area contributed by atoms with Crippen LogP contribution < -0.4 is 5.32 Å². The Morgan fingerprint density at radius 1 is 1.38 bits per heavy atom. The fraction of sp³-hybridized carbons (Fsp3) is 0.500. The first-order chi connectivity index (χ1) is 11.7. The number of amides is 1. The van der Waals surface area contributed by atoms with Crippen LogP contribution in [0.3, 0.4) is 0 Å². The molecule has 1 aliphatic heterocycles. The highest BCUT2D eigenvalue weighted by Crippen LogP contribution is 2.39. The monoisotopic (exact) mass is 325 g/mol. The molecule has 6 nitrogen and oxygen atoms in total. The lowest BCUT2D eigenvalue weighted by Crippen LogP contribution is -2.39. The Hall–Kier alpha value is -2.37. The second-order valence-electron chi connectivity index (χ2n) is 6.82. The maximum atomic E-state index is 12.8. The van der Waals surface area contributed by atoms with E-state index in [-0.39, 0.29) is 11.9 Å². The molecule has 3 heterocycles. The van der Waals surface area contributed by atoms with Gasteiger partial charge in [-0.15, -0.1) is 0 Å². The van der Waals surface area contributed by atoms with E-state index >= 15 is 0 Å². The Kier molecular flexibility index (Phi) is 3.96. The van der Waals surface area contributed by atoms with E-state index in [0.29, 0.717) is 11.6 Å². The first-order valence-electron chi connectivity index (χ1n) is 8.74. The molecular weight excluding hydrogens is 302 g/mol. The number of aromatic amines is 1. The first-order valence-corrected chi connectivity index (χ1v) is 8.74. The summed E-state index contributed by atoms with van der Waals surface area (Å²) in [5.74, 6) is 1.49. The fourth-order valence-electron chi connectivity index (χ4n) is 3.38. The highest BCUT2D eigenvalue weighted by molar-refractivity contribution is 5.92. The van der Waals surface area contributed by atoms with Crippen molar-refractivity contribution in [3.05, 3.63) is 41.3 Å². The van der Waals surface area contributed by atoms with E-state index in [0.717, 1.165) is 43.1 Å². The standard InChI is InChI=1S/C18H23N5O/c1-12-4-2-6-17(20-12)19-11-14-5-3-9-23(14)18(24)16-10-15(21-22-16)13-7-8-13/h2,4,6,10,13-14H,3,5,7-9,11H2,1H3,(H,19,20)(H,21,22)/t14-/m0/s1. The number of rotatable bonds is 5. The van der Waals surface area contributed by atoms with Crippen LogP contribution >= 0.6 is 0 Å². The maximum Gasteiger partial charge on any atom is 0.274 e. The van der Waals surface area contributed by atoms with E-state index in [9.17, 15) is 4.79 Å². The van der Waals surface area contributed by atoms with E-state index in [1.807, 2.05) is 36.1 Å². The highest BCUT2D eigenvalue weighted by atomic mass is 16.2. The summed E-state index contributed by atoms with van der Waals surface area (Å²) in [6.45, 7) is 3.51. The van der Waals surface area contributed by atoms with Crippen LogP contribution in [-0.4, -0.2) is 45.1 Å². The van der Waals surface area contributed by atoms with Crippen molar-refractivity contribution in [2.45, 2.75) is 44.6 Å². The molecule has 2 aromatic heterocycles.